The summed E-state index contributed by atoms with van der Waals surface area (Å²) in [4.78, 5) is 26.7. The van der Waals surface area contributed by atoms with Gasteiger partial charge >= 0.3 is 18.0 Å². The molecule has 0 atom stereocenters. The van der Waals surface area contributed by atoms with E-state index in [1.54, 1.807) is 91.4 Å². The first-order chi connectivity index (χ1) is 26.4. The summed E-state index contributed by atoms with van der Waals surface area (Å²) in [5.74, 6) is 1.45. The summed E-state index contributed by atoms with van der Waals surface area (Å²) in [6, 6.07) is 43.5. The maximum Gasteiger partial charge on any atom is 0.331 e. The highest BCUT2D eigenvalue weighted by Gasteiger charge is 2.13. The van der Waals surface area contributed by atoms with Gasteiger partial charge in [0.1, 0.15) is 17.2 Å². The zero-order chi connectivity index (χ0) is 37.1. The van der Waals surface area contributed by atoms with Gasteiger partial charge in [0.2, 0.25) is 0 Å². The van der Waals surface area contributed by atoms with Crippen LogP contribution in [0, 0.1) is 0 Å². The Labute approximate surface area is 325 Å². The Kier molecular flexibility index (Phi) is 11.6. The smallest absolute Gasteiger partial charge is 0.331 e. The number of aliphatic imine (C=N–C) groups is 3. The molecule has 0 radical (unpaired) electrons. The normalized spacial score (nSPS) is 11.4. The second-order valence-corrected chi connectivity index (χ2v) is 12.7. The van der Waals surface area contributed by atoms with Crippen LogP contribution < -0.4 is 14.2 Å². The zero-order valence-electron chi connectivity index (χ0n) is 28.1. The van der Waals surface area contributed by atoms with Crippen LogP contribution in [0.15, 0.2) is 161 Å². The summed E-state index contributed by atoms with van der Waals surface area (Å²) >= 11 is 17.9. The molecule has 0 aliphatic rings. The van der Waals surface area contributed by atoms with Crippen LogP contribution in [0.4, 0.5) is 17.1 Å². The van der Waals surface area contributed by atoms with Crippen molar-refractivity contribution in [1.82, 2.24) is 15.0 Å². The topological polar surface area (TPSA) is 103 Å². The number of ether oxygens (including phenoxy) is 3. The van der Waals surface area contributed by atoms with Crippen LogP contribution in [0.5, 0.6) is 35.3 Å². The van der Waals surface area contributed by atoms with Crippen LogP contribution in [0.3, 0.4) is 0 Å². The van der Waals surface area contributed by atoms with Gasteiger partial charge in [-0.3, -0.25) is 15.0 Å². The van der Waals surface area contributed by atoms with Crippen LogP contribution in [0.25, 0.3) is 0 Å². The van der Waals surface area contributed by atoms with Gasteiger partial charge in [0.15, 0.2) is 0 Å². The van der Waals surface area contributed by atoms with Crippen molar-refractivity contribution in [2.45, 2.75) is 0 Å². The molecule has 0 N–H and O–H groups in total. The van der Waals surface area contributed by atoms with E-state index in [1.165, 1.54) is 0 Å². The molecular formula is C42H27Cl3N6O3. The molecule has 0 amide bonds. The molecule has 9 nitrogen and oxygen atoms in total. The molecule has 264 valence electrons. The highest BCUT2D eigenvalue weighted by atomic mass is 35.5. The van der Waals surface area contributed by atoms with E-state index in [0.29, 0.717) is 32.3 Å². The van der Waals surface area contributed by atoms with Gasteiger partial charge in [-0.05, 0) is 162 Å². The molecule has 0 spiro atoms. The number of hydrogen-bond acceptors (Lipinski definition) is 9. The summed E-state index contributed by atoms with van der Waals surface area (Å²) < 4.78 is 18.1. The number of halogens is 3. The van der Waals surface area contributed by atoms with Crippen LogP contribution >= 0.6 is 34.8 Å². The van der Waals surface area contributed by atoms with E-state index in [9.17, 15) is 0 Å². The van der Waals surface area contributed by atoms with Crippen molar-refractivity contribution in [3.8, 4) is 35.3 Å². The van der Waals surface area contributed by atoms with E-state index < -0.39 is 0 Å². The van der Waals surface area contributed by atoms with Crippen molar-refractivity contribution < 1.29 is 14.2 Å². The second kappa shape index (κ2) is 17.4. The Morgan fingerprint density at radius 2 is 0.574 bits per heavy atom. The van der Waals surface area contributed by atoms with Crippen molar-refractivity contribution in [3.05, 3.63) is 177 Å². The van der Waals surface area contributed by atoms with Crippen molar-refractivity contribution in [1.29, 1.82) is 0 Å². The molecule has 0 bridgehead atoms. The minimum absolute atomic E-state index is 0.0315. The zero-order valence-corrected chi connectivity index (χ0v) is 30.4. The summed E-state index contributed by atoms with van der Waals surface area (Å²) in [7, 11) is 0. The van der Waals surface area contributed by atoms with Crippen LogP contribution in [0.2, 0.25) is 15.1 Å². The second-order valence-electron chi connectivity index (χ2n) is 11.4. The third-order valence-corrected chi connectivity index (χ3v) is 8.17. The van der Waals surface area contributed by atoms with Crippen molar-refractivity contribution in [3.63, 3.8) is 0 Å². The van der Waals surface area contributed by atoms with E-state index >= 15 is 0 Å². The summed E-state index contributed by atoms with van der Waals surface area (Å²) in [5.41, 5.74) is 4.95. The first kappa shape index (κ1) is 36.0. The lowest BCUT2D eigenvalue weighted by molar-refractivity contribution is 0.362. The van der Waals surface area contributed by atoms with Gasteiger partial charge in [-0.1, -0.05) is 34.8 Å². The molecule has 1 heterocycles. The van der Waals surface area contributed by atoms with Crippen molar-refractivity contribution in [2.24, 2.45) is 15.0 Å². The van der Waals surface area contributed by atoms with Gasteiger partial charge < -0.3 is 14.2 Å². The molecule has 7 aromatic rings. The average Bonchev–Trinajstić information content (AvgIpc) is 3.19. The monoisotopic (exact) mass is 768 g/mol. The summed E-state index contributed by atoms with van der Waals surface area (Å²) in [5, 5.41) is 1.96. The van der Waals surface area contributed by atoms with E-state index in [1.807, 2.05) is 72.8 Å². The number of aromatic nitrogens is 3. The predicted octanol–water partition coefficient (Wildman–Crippen LogP) is 12.5. The minimum Gasteiger partial charge on any atom is -0.424 e. The van der Waals surface area contributed by atoms with E-state index in [4.69, 9.17) is 49.0 Å². The van der Waals surface area contributed by atoms with Gasteiger partial charge in [0, 0.05) is 33.7 Å². The summed E-state index contributed by atoms with van der Waals surface area (Å²) in [6.45, 7) is 0. The Hall–Kier alpha value is -6.39. The molecule has 0 saturated carbocycles. The highest BCUT2D eigenvalue weighted by Crippen LogP contribution is 2.28. The van der Waals surface area contributed by atoms with Gasteiger partial charge in [0.25, 0.3) is 0 Å². The van der Waals surface area contributed by atoms with Crippen molar-refractivity contribution >= 4 is 70.5 Å². The first-order valence-electron chi connectivity index (χ1n) is 16.4. The molecule has 54 heavy (non-hydrogen) atoms. The molecular weight excluding hydrogens is 743 g/mol. The molecule has 1 aromatic heterocycles. The Balaban J connectivity index is 1.08. The Bertz CT molecular complexity index is 2120. The third-order valence-electron chi connectivity index (χ3n) is 7.41. The molecule has 6 aromatic carbocycles. The van der Waals surface area contributed by atoms with Crippen LogP contribution in [-0.2, 0) is 0 Å². The minimum atomic E-state index is -0.0315. The summed E-state index contributed by atoms with van der Waals surface area (Å²) in [6.07, 6.45) is 5.24. The average molecular weight is 770 g/mol. The van der Waals surface area contributed by atoms with Crippen LogP contribution in [0.1, 0.15) is 16.7 Å². The lowest BCUT2D eigenvalue weighted by Crippen LogP contribution is -2.01. The third kappa shape index (κ3) is 10.6. The number of nitrogens with zero attached hydrogens (tertiary/aromatic N) is 6. The van der Waals surface area contributed by atoms with Crippen molar-refractivity contribution in [2.75, 3.05) is 0 Å². The number of hydrogen-bond donors (Lipinski definition) is 0. The maximum atomic E-state index is 6.03. The number of rotatable bonds is 12. The lowest BCUT2D eigenvalue weighted by Gasteiger charge is -2.10. The van der Waals surface area contributed by atoms with E-state index in [2.05, 4.69) is 29.9 Å². The molecule has 0 aliphatic heterocycles. The highest BCUT2D eigenvalue weighted by molar-refractivity contribution is 6.31. The predicted molar refractivity (Wildman–Crippen MR) is 215 cm³/mol. The molecule has 7 rings (SSSR count). The lowest BCUT2D eigenvalue weighted by atomic mass is 10.2. The standard InChI is InChI=1S/C42H27Cl3N6O3/c43-31-7-13-34(14-8-31)46-25-28-1-19-37(20-2-28)52-40-49-41(53-38-21-3-29(4-22-38)26-47-35-15-9-32(44)10-16-35)51-42(50-40)54-39-23-5-30(6-24-39)27-48-36-17-11-33(45)12-18-36/h1-27H. The fourth-order valence-electron chi connectivity index (χ4n) is 4.67. The van der Waals surface area contributed by atoms with Gasteiger partial charge in [-0.15, -0.1) is 15.0 Å². The molecule has 0 fully saturated rings. The maximum absolute atomic E-state index is 6.03. The Morgan fingerprint density at radius 1 is 0.333 bits per heavy atom. The molecule has 12 heteroatoms. The van der Waals surface area contributed by atoms with E-state index in [0.717, 1.165) is 33.8 Å². The van der Waals surface area contributed by atoms with Crippen LogP contribution in [-0.4, -0.2) is 33.6 Å². The van der Waals surface area contributed by atoms with Gasteiger partial charge in [-0.2, -0.15) is 0 Å². The largest absolute Gasteiger partial charge is 0.424 e. The van der Waals surface area contributed by atoms with Gasteiger partial charge in [0.05, 0.1) is 17.1 Å². The molecule has 0 saturated heterocycles. The Morgan fingerprint density at radius 3 is 0.815 bits per heavy atom. The van der Waals surface area contributed by atoms with E-state index in [-0.39, 0.29) is 18.0 Å². The SMILES string of the molecule is Clc1ccc(N=Cc2ccc(Oc3nc(Oc4ccc(C=Nc5ccc(Cl)cc5)cc4)nc(Oc4ccc(C=Nc5ccc(Cl)cc5)cc4)n3)cc2)cc1. The molecule has 0 unspecified atom stereocenters. The number of benzene rings is 6. The van der Waals surface area contributed by atoms with Gasteiger partial charge in [-0.25, -0.2) is 0 Å². The molecule has 0 aliphatic carbocycles. The fourth-order valence-corrected chi connectivity index (χ4v) is 5.05. The fraction of sp³-hybridized carbons (Fsp3) is 0. The quantitative estimate of drug-likeness (QED) is 0.115. The first-order valence-corrected chi connectivity index (χ1v) is 17.5.